The average Bonchev–Trinajstić information content (AvgIpc) is 2.84. The number of carbonyl (C=O) groups excluding carboxylic acids is 1. The molecule has 0 bridgehead atoms. The maximum Gasteiger partial charge on any atom is 0.272 e. The van der Waals surface area contributed by atoms with E-state index in [4.69, 9.17) is 17.3 Å². The minimum Gasteiger partial charge on any atom is -0.364 e. The van der Waals surface area contributed by atoms with Crippen LogP contribution in [-0.4, -0.2) is 25.4 Å². The summed E-state index contributed by atoms with van der Waals surface area (Å²) in [4.78, 5) is 33.6. The molecule has 0 aromatic carbocycles. The maximum atomic E-state index is 12.1. The Morgan fingerprint density at radius 2 is 2.25 bits per heavy atom. The molecule has 0 radical (unpaired) electrons. The van der Waals surface area contributed by atoms with Gasteiger partial charge >= 0.3 is 0 Å². The van der Waals surface area contributed by atoms with Gasteiger partial charge in [-0.15, -0.1) is 0 Å². The van der Waals surface area contributed by atoms with Crippen molar-refractivity contribution < 1.29 is 4.79 Å². The molecule has 3 rings (SSSR count). The van der Waals surface area contributed by atoms with E-state index in [1.807, 2.05) is 0 Å². The number of hydrogen-bond donors (Lipinski definition) is 2. The minimum atomic E-state index is -0.793. The van der Waals surface area contributed by atoms with Crippen LogP contribution in [0.5, 0.6) is 0 Å². The number of nitrogens with one attached hydrogen (secondary N) is 1. The molecule has 3 aromatic rings. The molecular weight excluding hydrogens is 282 g/mol. The molecule has 3 aromatic heterocycles. The number of amides is 1. The van der Waals surface area contributed by atoms with Crippen molar-refractivity contribution >= 4 is 28.5 Å². The van der Waals surface area contributed by atoms with Crippen molar-refractivity contribution in [2.24, 2.45) is 5.73 Å². The van der Waals surface area contributed by atoms with Crippen molar-refractivity contribution in [1.29, 1.82) is 0 Å². The number of nitrogens with two attached hydrogens (primary N) is 1. The van der Waals surface area contributed by atoms with Gasteiger partial charge < -0.3 is 10.7 Å². The first-order valence-corrected chi connectivity index (χ1v) is 5.96. The van der Waals surface area contributed by atoms with Gasteiger partial charge in [-0.05, 0) is 12.1 Å². The fourth-order valence-electron chi connectivity index (χ4n) is 1.93. The molecule has 0 aliphatic rings. The molecule has 8 heteroatoms. The summed E-state index contributed by atoms with van der Waals surface area (Å²) in [6.45, 7) is 0. The lowest BCUT2D eigenvalue weighted by atomic mass is 10.3. The average molecular weight is 290 g/mol. The van der Waals surface area contributed by atoms with Gasteiger partial charge in [0.1, 0.15) is 23.4 Å². The number of fused-ring (bicyclic) bond motifs is 1. The molecule has 0 atom stereocenters. The van der Waals surface area contributed by atoms with E-state index in [0.29, 0.717) is 5.65 Å². The Labute approximate surface area is 117 Å². The number of carbonyl (C=O) groups is 1. The van der Waals surface area contributed by atoms with Crippen molar-refractivity contribution in [3.8, 4) is 5.69 Å². The van der Waals surface area contributed by atoms with Gasteiger partial charge in [0.05, 0.1) is 5.02 Å². The van der Waals surface area contributed by atoms with Crippen LogP contribution < -0.4 is 11.3 Å². The molecular formula is C12H8ClN5O2. The van der Waals surface area contributed by atoms with Gasteiger partial charge in [0.15, 0.2) is 0 Å². The molecule has 0 spiro atoms. The van der Waals surface area contributed by atoms with Gasteiger partial charge in [0.2, 0.25) is 0 Å². The summed E-state index contributed by atoms with van der Waals surface area (Å²) in [5.41, 5.74) is 5.32. The van der Waals surface area contributed by atoms with Crippen LogP contribution in [0.1, 0.15) is 10.5 Å². The number of hydrogen-bond acceptors (Lipinski definition) is 4. The highest BCUT2D eigenvalue weighted by atomic mass is 35.5. The van der Waals surface area contributed by atoms with Gasteiger partial charge in [0, 0.05) is 17.8 Å². The second-order valence-corrected chi connectivity index (χ2v) is 4.47. The number of halogens is 1. The summed E-state index contributed by atoms with van der Waals surface area (Å²) >= 11 is 5.95. The Balaban J connectivity index is 2.28. The van der Waals surface area contributed by atoms with Crippen molar-refractivity contribution in [2.45, 2.75) is 0 Å². The smallest absolute Gasteiger partial charge is 0.272 e. The van der Waals surface area contributed by atoms with E-state index >= 15 is 0 Å². The second kappa shape index (κ2) is 4.46. The third kappa shape index (κ3) is 1.84. The first-order chi connectivity index (χ1) is 9.58. The lowest BCUT2D eigenvalue weighted by molar-refractivity contribution is 0.0995. The van der Waals surface area contributed by atoms with Crippen molar-refractivity contribution in [1.82, 2.24) is 19.5 Å². The highest BCUT2D eigenvalue weighted by molar-refractivity contribution is 6.33. The molecule has 3 N–H and O–H groups in total. The van der Waals surface area contributed by atoms with Crippen LogP contribution in [0.4, 0.5) is 0 Å². The van der Waals surface area contributed by atoms with Gasteiger partial charge in [0.25, 0.3) is 11.5 Å². The molecule has 7 nitrogen and oxygen atoms in total. The zero-order valence-electron chi connectivity index (χ0n) is 10.0. The molecule has 100 valence electrons. The van der Waals surface area contributed by atoms with Gasteiger partial charge in [-0.3, -0.25) is 14.2 Å². The number of aromatic amines is 1. The van der Waals surface area contributed by atoms with E-state index in [1.54, 1.807) is 23.0 Å². The summed E-state index contributed by atoms with van der Waals surface area (Å²) in [5.74, 6) is -0.793. The zero-order chi connectivity index (χ0) is 14.3. The van der Waals surface area contributed by atoms with E-state index in [2.05, 4.69) is 15.0 Å². The number of pyridine rings is 1. The van der Waals surface area contributed by atoms with Crippen LogP contribution in [0, 0.1) is 0 Å². The molecule has 0 aliphatic carbocycles. The van der Waals surface area contributed by atoms with Crippen LogP contribution in [0.3, 0.4) is 0 Å². The Bertz CT molecular complexity index is 883. The van der Waals surface area contributed by atoms with Gasteiger partial charge in [-0.25, -0.2) is 9.97 Å². The summed E-state index contributed by atoms with van der Waals surface area (Å²) in [6, 6.07) is 3.15. The van der Waals surface area contributed by atoms with Crippen LogP contribution in [0.15, 0.2) is 35.6 Å². The molecule has 0 saturated carbocycles. The van der Waals surface area contributed by atoms with Crippen molar-refractivity contribution in [3.05, 3.63) is 51.9 Å². The first kappa shape index (κ1) is 12.4. The van der Waals surface area contributed by atoms with E-state index in [-0.39, 0.29) is 16.4 Å². The third-order valence-electron chi connectivity index (χ3n) is 2.83. The second-order valence-electron chi connectivity index (χ2n) is 4.06. The monoisotopic (exact) mass is 289 g/mol. The zero-order valence-corrected chi connectivity index (χ0v) is 10.8. The Morgan fingerprint density at radius 1 is 1.45 bits per heavy atom. The Kier molecular flexibility index (Phi) is 2.76. The van der Waals surface area contributed by atoms with Crippen LogP contribution in [-0.2, 0) is 0 Å². The summed E-state index contributed by atoms with van der Waals surface area (Å²) in [6.07, 6.45) is 4.68. The SMILES string of the molecule is NC(=O)c1[nH]c(=O)c(-n2ccc3cncnc32)cc1Cl. The fraction of sp³-hybridized carbons (Fsp3) is 0. The quantitative estimate of drug-likeness (QED) is 0.729. The van der Waals surface area contributed by atoms with Crippen LogP contribution in [0.25, 0.3) is 16.7 Å². The fourth-order valence-corrected chi connectivity index (χ4v) is 2.17. The summed E-state index contributed by atoms with van der Waals surface area (Å²) in [7, 11) is 0. The lowest BCUT2D eigenvalue weighted by Crippen LogP contribution is -2.22. The Morgan fingerprint density at radius 3 is 3.00 bits per heavy atom. The molecule has 3 heterocycles. The molecule has 0 aliphatic heterocycles. The van der Waals surface area contributed by atoms with Crippen molar-refractivity contribution in [2.75, 3.05) is 0 Å². The van der Waals surface area contributed by atoms with Crippen LogP contribution >= 0.6 is 11.6 Å². The number of nitrogens with zero attached hydrogens (tertiary/aromatic N) is 3. The number of H-pyrrole nitrogens is 1. The van der Waals surface area contributed by atoms with Gasteiger partial charge in [-0.2, -0.15) is 0 Å². The Hall–Kier alpha value is -2.67. The summed E-state index contributed by atoms with van der Waals surface area (Å²) < 4.78 is 1.56. The molecule has 1 amide bonds. The highest BCUT2D eigenvalue weighted by Gasteiger charge is 2.14. The minimum absolute atomic E-state index is 0.0722. The lowest BCUT2D eigenvalue weighted by Gasteiger charge is -2.06. The molecule has 0 unspecified atom stereocenters. The standard InChI is InChI=1S/C12H8ClN5O2/c13-7-3-8(12(20)17-9(7)10(14)19)18-2-1-6-4-15-5-16-11(6)18/h1-5H,(H2,14,19)(H,17,20). The molecule has 0 saturated heterocycles. The van der Waals surface area contributed by atoms with Gasteiger partial charge in [-0.1, -0.05) is 11.6 Å². The predicted octanol–water partition coefficient (Wildman–Crippen LogP) is 0.861. The summed E-state index contributed by atoms with van der Waals surface area (Å²) in [5, 5.41) is 0.852. The van der Waals surface area contributed by atoms with E-state index in [1.165, 1.54) is 12.4 Å². The predicted molar refractivity (Wildman–Crippen MR) is 73.0 cm³/mol. The van der Waals surface area contributed by atoms with Crippen LogP contribution in [0.2, 0.25) is 5.02 Å². The third-order valence-corrected chi connectivity index (χ3v) is 3.13. The number of primary amides is 1. The maximum absolute atomic E-state index is 12.1. The normalized spacial score (nSPS) is 10.8. The largest absolute Gasteiger partial charge is 0.364 e. The molecule has 0 fully saturated rings. The van der Waals surface area contributed by atoms with E-state index in [0.717, 1.165) is 5.39 Å². The number of aromatic nitrogens is 4. The molecule has 20 heavy (non-hydrogen) atoms. The number of rotatable bonds is 2. The highest BCUT2D eigenvalue weighted by Crippen LogP contribution is 2.19. The van der Waals surface area contributed by atoms with E-state index in [9.17, 15) is 9.59 Å². The first-order valence-electron chi connectivity index (χ1n) is 5.58. The van der Waals surface area contributed by atoms with Crippen molar-refractivity contribution in [3.63, 3.8) is 0 Å². The van der Waals surface area contributed by atoms with E-state index < -0.39 is 11.5 Å². The topological polar surface area (TPSA) is 107 Å².